The molecule has 0 radical (unpaired) electrons. The fraction of sp³-hybridized carbons (Fsp3) is 0.750. The Kier molecular flexibility index (Phi) is 2.61. The van der Waals surface area contributed by atoms with Crippen molar-refractivity contribution in [1.82, 2.24) is 15.0 Å². The molecule has 0 bridgehead atoms. The van der Waals surface area contributed by atoms with E-state index in [1.165, 1.54) is 19.3 Å². The Morgan fingerprint density at radius 1 is 1.18 bits per heavy atom. The molecule has 0 aromatic carbocycles. The molecule has 2 fully saturated rings. The first-order chi connectivity index (χ1) is 8.27. The van der Waals surface area contributed by atoms with E-state index in [2.05, 4.69) is 10.3 Å². The zero-order chi connectivity index (χ0) is 11.8. The fourth-order valence-corrected chi connectivity index (χ4v) is 2.81. The van der Waals surface area contributed by atoms with Gasteiger partial charge in [-0.25, -0.2) is 4.68 Å². The fourth-order valence-electron chi connectivity index (χ4n) is 2.81. The molecule has 5 heteroatoms. The molecule has 1 heterocycles. The highest BCUT2D eigenvalue weighted by Gasteiger charge is 2.35. The van der Waals surface area contributed by atoms with Crippen LogP contribution in [0.1, 0.15) is 73.1 Å². The zero-order valence-electron chi connectivity index (χ0n) is 9.93. The molecular formula is C12H18N4O. The molecule has 1 aromatic heterocycles. The number of hydrogen-bond donors (Lipinski definition) is 1. The number of rotatable bonds is 3. The molecule has 5 nitrogen and oxygen atoms in total. The van der Waals surface area contributed by atoms with Crippen molar-refractivity contribution in [3.63, 3.8) is 0 Å². The summed E-state index contributed by atoms with van der Waals surface area (Å²) in [6.45, 7) is 0. The zero-order valence-corrected chi connectivity index (χ0v) is 9.93. The third-order valence-corrected chi connectivity index (χ3v) is 3.85. The average Bonchev–Trinajstić information content (AvgIpc) is 3.08. The number of carbonyl (C=O) groups is 1. The van der Waals surface area contributed by atoms with Crippen molar-refractivity contribution in [1.29, 1.82) is 0 Å². The highest BCUT2D eigenvalue weighted by atomic mass is 16.1. The molecular weight excluding hydrogens is 216 g/mol. The van der Waals surface area contributed by atoms with Crippen molar-refractivity contribution in [2.75, 3.05) is 0 Å². The van der Waals surface area contributed by atoms with Gasteiger partial charge in [-0.1, -0.05) is 24.5 Å². The minimum absolute atomic E-state index is 0.401. The van der Waals surface area contributed by atoms with E-state index in [1.54, 1.807) is 0 Å². The van der Waals surface area contributed by atoms with E-state index in [0.29, 0.717) is 17.7 Å². The van der Waals surface area contributed by atoms with Gasteiger partial charge < -0.3 is 5.73 Å². The maximum absolute atomic E-state index is 11.4. The van der Waals surface area contributed by atoms with E-state index < -0.39 is 5.91 Å². The van der Waals surface area contributed by atoms with Gasteiger partial charge in [0, 0.05) is 5.92 Å². The van der Waals surface area contributed by atoms with Crippen LogP contribution in [-0.2, 0) is 0 Å². The van der Waals surface area contributed by atoms with Crippen LogP contribution in [-0.4, -0.2) is 20.9 Å². The molecule has 2 aliphatic carbocycles. The largest absolute Gasteiger partial charge is 0.364 e. The Bertz CT molecular complexity index is 430. The SMILES string of the molecule is NC(=O)c1nnn(C2CCCCC2)c1C1CC1. The Morgan fingerprint density at radius 2 is 1.88 bits per heavy atom. The van der Waals surface area contributed by atoms with Crippen molar-refractivity contribution < 1.29 is 4.79 Å². The summed E-state index contributed by atoms with van der Waals surface area (Å²) in [6.07, 6.45) is 8.40. The van der Waals surface area contributed by atoms with Crippen LogP contribution in [0.4, 0.5) is 0 Å². The van der Waals surface area contributed by atoms with Gasteiger partial charge in [-0.3, -0.25) is 4.79 Å². The summed E-state index contributed by atoms with van der Waals surface area (Å²) >= 11 is 0. The van der Waals surface area contributed by atoms with Crippen LogP contribution in [0.3, 0.4) is 0 Å². The summed E-state index contributed by atoms with van der Waals surface area (Å²) in [5.41, 5.74) is 6.77. The van der Waals surface area contributed by atoms with Gasteiger partial charge in [-0.2, -0.15) is 0 Å². The predicted octanol–water partition coefficient (Wildman–Crippen LogP) is 1.76. The van der Waals surface area contributed by atoms with Gasteiger partial charge in [0.05, 0.1) is 11.7 Å². The summed E-state index contributed by atoms with van der Waals surface area (Å²) in [4.78, 5) is 11.4. The lowest BCUT2D eigenvalue weighted by Crippen LogP contribution is -2.19. The Balaban J connectivity index is 1.95. The van der Waals surface area contributed by atoms with Crippen molar-refractivity contribution in [2.45, 2.75) is 56.9 Å². The number of carbonyl (C=O) groups excluding carboxylic acids is 1. The minimum atomic E-state index is -0.436. The van der Waals surface area contributed by atoms with Crippen LogP contribution < -0.4 is 5.73 Å². The normalized spacial score (nSPS) is 21.6. The van der Waals surface area contributed by atoms with Crippen molar-refractivity contribution >= 4 is 5.91 Å². The quantitative estimate of drug-likeness (QED) is 0.866. The van der Waals surface area contributed by atoms with E-state index in [4.69, 9.17) is 5.73 Å². The smallest absolute Gasteiger partial charge is 0.271 e. The summed E-state index contributed by atoms with van der Waals surface area (Å²) in [7, 11) is 0. The van der Waals surface area contributed by atoms with E-state index in [9.17, 15) is 4.79 Å². The number of aromatic nitrogens is 3. The van der Waals surface area contributed by atoms with E-state index in [1.807, 2.05) is 4.68 Å². The molecule has 1 aromatic rings. The molecule has 17 heavy (non-hydrogen) atoms. The first-order valence-corrected chi connectivity index (χ1v) is 6.52. The molecule has 0 unspecified atom stereocenters. The van der Waals surface area contributed by atoms with Crippen molar-refractivity contribution in [3.05, 3.63) is 11.4 Å². The molecule has 2 N–H and O–H groups in total. The summed E-state index contributed by atoms with van der Waals surface area (Å²) in [5.74, 6) is 0.0309. The van der Waals surface area contributed by atoms with Gasteiger partial charge in [0.1, 0.15) is 0 Å². The molecule has 0 atom stereocenters. The number of nitrogens with zero attached hydrogens (tertiary/aromatic N) is 3. The van der Waals surface area contributed by atoms with Crippen LogP contribution in [0, 0.1) is 0 Å². The maximum Gasteiger partial charge on any atom is 0.271 e. The molecule has 92 valence electrons. The highest BCUT2D eigenvalue weighted by molar-refractivity contribution is 5.92. The van der Waals surface area contributed by atoms with E-state index in [0.717, 1.165) is 31.4 Å². The third kappa shape index (κ3) is 1.94. The van der Waals surface area contributed by atoms with E-state index >= 15 is 0 Å². The lowest BCUT2D eigenvalue weighted by Gasteiger charge is -2.23. The van der Waals surface area contributed by atoms with E-state index in [-0.39, 0.29) is 0 Å². The molecule has 0 spiro atoms. The molecule has 2 aliphatic rings. The number of nitrogens with two attached hydrogens (primary N) is 1. The predicted molar refractivity (Wildman–Crippen MR) is 62.6 cm³/mol. The topological polar surface area (TPSA) is 73.8 Å². The van der Waals surface area contributed by atoms with Gasteiger partial charge in [0.25, 0.3) is 5.91 Å². The standard InChI is InChI=1S/C12H18N4O/c13-12(17)10-11(8-6-7-8)16(15-14-10)9-4-2-1-3-5-9/h8-9H,1-7H2,(H2,13,17). The van der Waals surface area contributed by atoms with Crippen LogP contribution >= 0.6 is 0 Å². The Hall–Kier alpha value is -1.39. The monoisotopic (exact) mass is 234 g/mol. The van der Waals surface area contributed by atoms with Crippen LogP contribution in [0.2, 0.25) is 0 Å². The van der Waals surface area contributed by atoms with Gasteiger partial charge in [0.15, 0.2) is 5.69 Å². The van der Waals surface area contributed by atoms with Gasteiger partial charge >= 0.3 is 0 Å². The second-order valence-electron chi connectivity index (χ2n) is 5.20. The second-order valence-corrected chi connectivity index (χ2v) is 5.20. The van der Waals surface area contributed by atoms with Crippen molar-refractivity contribution in [3.8, 4) is 0 Å². The number of primary amides is 1. The maximum atomic E-state index is 11.4. The summed E-state index contributed by atoms with van der Waals surface area (Å²) < 4.78 is 2.00. The lowest BCUT2D eigenvalue weighted by atomic mass is 9.95. The Morgan fingerprint density at radius 3 is 2.47 bits per heavy atom. The summed E-state index contributed by atoms with van der Waals surface area (Å²) in [5, 5.41) is 8.18. The number of amides is 1. The van der Waals surface area contributed by atoms with Crippen LogP contribution in [0.25, 0.3) is 0 Å². The molecule has 2 saturated carbocycles. The number of hydrogen-bond acceptors (Lipinski definition) is 3. The minimum Gasteiger partial charge on any atom is -0.364 e. The van der Waals surface area contributed by atoms with Crippen LogP contribution in [0.5, 0.6) is 0 Å². The Labute approximate surface area is 100 Å². The molecule has 0 aliphatic heterocycles. The van der Waals surface area contributed by atoms with Crippen LogP contribution in [0.15, 0.2) is 0 Å². The highest BCUT2D eigenvalue weighted by Crippen LogP contribution is 2.43. The molecule has 0 saturated heterocycles. The third-order valence-electron chi connectivity index (χ3n) is 3.85. The van der Waals surface area contributed by atoms with Gasteiger partial charge in [-0.15, -0.1) is 5.10 Å². The first kappa shape index (κ1) is 10.7. The molecule has 3 rings (SSSR count). The molecule has 1 amide bonds. The van der Waals surface area contributed by atoms with Gasteiger partial charge in [-0.05, 0) is 25.7 Å². The van der Waals surface area contributed by atoms with Crippen molar-refractivity contribution in [2.24, 2.45) is 5.73 Å². The van der Waals surface area contributed by atoms with Gasteiger partial charge in [0.2, 0.25) is 0 Å². The average molecular weight is 234 g/mol. The second kappa shape index (κ2) is 4.13. The lowest BCUT2D eigenvalue weighted by molar-refractivity contribution is 0.0994. The first-order valence-electron chi connectivity index (χ1n) is 6.52. The summed E-state index contributed by atoms with van der Waals surface area (Å²) in [6, 6.07) is 0.431.